The Labute approximate surface area is 92.9 Å². The Bertz CT molecular complexity index is 489. The first-order valence-corrected chi connectivity index (χ1v) is 5.79. The molecule has 1 aromatic carbocycles. The van der Waals surface area contributed by atoms with E-state index in [-0.39, 0.29) is 11.8 Å². The molecule has 2 aromatic rings. The number of fused-ring (bicyclic) bond motifs is 1. The summed E-state index contributed by atoms with van der Waals surface area (Å²) in [4.78, 5) is 11.9. The van der Waals surface area contributed by atoms with Gasteiger partial charge in [0.1, 0.15) is 0 Å². The summed E-state index contributed by atoms with van der Waals surface area (Å²) in [5.41, 5.74) is 0.780. The molecule has 3 heteroatoms. The highest BCUT2D eigenvalue weighted by Crippen LogP contribution is 2.22. The minimum absolute atomic E-state index is 0.124. The number of nitrogens with one attached hydrogen (secondary N) is 1. The molecular weight excluding hydrogens is 206 g/mol. The second kappa shape index (κ2) is 4.13. The fourth-order valence-corrected chi connectivity index (χ4v) is 2.27. The smallest absolute Gasteiger partial charge is 0.179 e. The number of hydrogen-bond acceptors (Lipinski definition) is 3. The summed E-state index contributed by atoms with van der Waals surface area (Å²) in [6, 6.07) is 7.79. The van der Waals surface area contributed by atoms with Crippen LogP contribution in [0.2, 0.25) is 0 Å². The third-order valence-corrected chi connectivity index (χ3v) is 3.46. The van der Waals surface area contributed by atoms with E-state index >= 15 is 0 Å². The molecular formula is C12H13NOS. The molecule has 1 aromatic heterocycles. The summed E-state index contributed by atoms with van der Waals surface area (Å²) in [6.45, 7) is 1.88. The molecule has 1 atom stereocenters. The Morgan fingerprint density at radius 2 is 2.20 bits per heavy atom. The molecule has 0 fully saturated rings. The molecule has 0 radical (unpaired) electrons. The van der Waals surface area contributed by atoms with Crippen molar-refractivity contribution in [2.24, 2.45) is 0 Å². The Morgan fingerprint density at radius 1 is 1.40 bits per heavy atom. The fourth-order valence-electron chi connectivity index (χ4n) is 1.50. The molecule has 0 spiro atoms. The first kappa shape index (κ1) is 10.3. The van der Waals surface area contributed by atoms with E-state index in [9.17, 15) is 4.79 Å². The lowest BCUT2D eigenvalue weighted by atomic mass is 10.0. The molecule has 0 aliphatic rings. The van der Waals surface area contributed by atoms with Crippen molar-refractivity contribution >= 4 is 27.2 Å². The van der Waals surface area contributed by atoms with E-state index in [4.69, 9.17) is 0 Å². The van der Waals surface area contributed by atoms with Gasteiger partial charge in [0.2, 0.25) is 0 Å². The predicted octanol–water partition coefficient (Wildman–Crippen LogP) is 2.69. The van der Waals surface area contributed by atoms with E-state index in [0.717, 1.165) is 10.9 Å². The lowest BCUT2D eigenvalue weighted by molar-refractivity contribution is 0.0955. The molecule has 15 heavy (non-hydrogen) atoms. The third-order valence-electron chi connectivity index (χ3n) is 2.56. The zero-order valence-corrected chi connectivity index (χ0v) is 9.60. The number of hydrogen-bond donors (Lipinski definition) is 1. The maximum Gasteiger partial charge on any atom is 0.179 e. The molecule has 0 bridgehead atoms. The highest BCUT2D eigenvalue weighted by molar-refractivity contribution is 7.17. The van der Waals surface area contributed by atoms with E-state index in [1.54, 1.807) is 18.4 Å². The van der Waals surface area contributed by atoms with Crippen molar-refractivity contribution in [2.75, 3.05) is 7.05 Å². The minimum Gasteiger partial charge on any atom is -0.310 e. The van der Waals surface area contributed by atoms with Gasteiger partial charge in [-0.15, -0.1) is 11.3 Å². The number of benzene rings is 1. The number of thiophene rings is 1. The largest absolute Gasteiger partial charge is 0.310 e. The molecule has 78 valence electrons. The standard InChI is InChI=1S/C12H13NOS/c1-8(13-2)12(14)10-3-4-11-9(7-10)5-6-15-11/h3-8,13H,1-2H3/t8-/m0/s1. The molecule has 0 aliphatic carbocycles. The zero-order valence-electron chi connectivity index (χ0n) is 8.78. The molecule has 0 saturated carbocycles. The lowest BCUT2D eigenvalue weighted by Crippen LogP contribution is -2.30. The maximum absolute atomic E-state index is 11.9. The van der Waals surface area contributed by atoms with Gasteiger partial charge in [-0.05, 0) is 49.0 Å². The van der Waals surface area contributed by atoms with Crippen molar-refractivity contribution in [3.8, 4) is 0 Å². The highest BCUT2D eigenvalue weighted by atomic mass is 32.1. The van der Waals surface area contributed by atoms with Crippen molar-refractivity contribution in [3.63, 3.8) is 0 Å². The van der Waals surface area contributed by atoms with Crippen molar-refractivity contribution in [2.45, 2.75) is 13.0 Å². The minimum atomic E-state index is -0.124. The molecule has 1 N–H and O–H groups in total. The summed E-state index contributed by atoms with van der Waals surface area (Å²) < 4.78 is 1.23. The number of likely N-dealkylation sites (N-methyl/N-ethyl adjacent to an activating group) is 1. The second-order valence-electron chi connectivity index (χ2n) is 3.55. The average Bonchev–Trinajstić information content (AvgIpc) is 2.73. The zero-order chi connectivity index (χ0) is 10.8. The van der Waals surface area contributed by atoms with Crippen LogP contribution in [0.3, 0.4) is 0 Å². The maximum atomic E-state index is 11.9. The Morgan fingerprint density at radius 3 is 2.93 bits per heavy atom. The van der Waals surface area contributed by atoms with Gasteiger partial charge in [-0.3, -0.25) is 4.79 Å². The monoisotopic (exact) mass is 219 g/mol. The van der Waals surface area contributed by atoms with Gasteiger partial charge in [-0.1, -0.05) is 0 Å². The number of ketones is 1. The normalized spacial score (nSPS) is 12.9. The summed E-state index contributed by atoms with van der Waals surface area (Å²) in [7, 11) is 1.80. The van der Waals surface area contributed by atoms with Crippen molar-refractivity contribution in [1.29, 1.82) is 0 Å². The first-order valence-electron chi connectivity index (χ1n) is 4.91. The van der Waals surface area contributed by atoms with Crippen LogP contribution in [0.1, 0.15) is 17.3 Å². The van der Waals surface area contributed by atoms with Crippen LogP contribution < -0.4 is 5.32 Å². The Hall–Kier alpha value is -1.19. The molecule has 2 nitrogen and oxygen atoms in total. The van der Waals surface area contributed by atoms with Gasteiger partial charge in [-0.2, -0.15) is 0 Å². The van der Waals surface area contributed by atoms with Crippen LogP contribution in [0.5, 0.6) is 0 Å². The quantitative estimate of drug-likeness (QED) is 0.804. The van der Waals surface area contributed by atoms with Crippen LogP contribution >= 0.6 is 11.3 Å². The first-order chi connectivity index (χ1) is 7.22. The number of rotatable bonds is 3. The number of Topliss-reactive ketones (excluding diaryl/α,β-unsaturated/α-hetero) is 1. The SMILES string of the molecule is CN[C@@H](C)C(=O)c1ccc2sccc2c1. The molecule has 0 aliphatic heterocycles. The van der Waals surface area contributed by atoms with Gasteiger partial charge in [0, 0.05) is 10.3 Å². The van der Waals surface area contributed by atoms with E-state index in [1.807, 2.05) is 36.6 Å². The van der Waals surface area contributed by atoms with E-state index in [2.05, 4.69) is 5.32 Å². The van der Waals surface area contributed by atoms with E-state index < -0.39 is 0 Å². The van der Waals surface area contributed by atoms with Crippen LogP contribution in [0.15, 0.2) is 29.6 Å². The highest BCUT2D eigenvalue weighted by Gasteiger charge is 2.13. The molecule has 0 amide bonds. The van der Waals surface area contributed by atoms with Crippen LogP contribution in [0, 0.1) is 0 Å². The molecule has 1 heterocycles. The van der Waals surface area contributed by atoms with Gasteiger partial charge in [0.15, 0.2) is 5.78 Å². The van der Waals surface area contributed by atoms with Crippen LogP contribution in [0.25, 0.3) is 10.1 Å². The van der Waals surface area contributed by atoms with Crippen molar-refractivity contribution in [3.05, 3.63) is 35.2 Å². The molecule has 0 unspecified atom stereocenters. The summed E-state index contributed by atoms with van der Waals surface area (Å²) >= 11 is 1.69. The lowest BCUT2D eigenvalue weighted by Gasteiger charge is -2.08. The summed E-state index contributed by atoms with van der Waals surface area (Å²) in [6.07, 6.45) is 0. The predicted molar refractivity (Wildman–Crippen MR) is 64.7 cm³/mol. The van der Waals surface area contributed by atoms with E-state index in [0.29, 0.717) is 0 Å². The second-order valence-corrected chi connectivity index (χ2v) is 4.50. The van der Waals surface area contributed by atoms with Crippen molar-refractivity contribution in [1.82, 2.24) is 5.32 Å². The molecule has 0 saturated heterocycles. The third kappa shape index (κ3) is 1.94. The van der Waals surface area contributed by atoms with Gasteiger partial charge in [0.05, 0.1) is 6.04 Å². The topological polar surface area (TPSA) is 29.1 Å². The Kier molecular flexibility index (Phi) is 2.84. The van der Waals surface area contributed by atoms with Crippen LogP contribution in [-0.4, -0.2) is 18.9 Å². The number of carbonyl (C=O) groups excluding carboxylic acids is 1. The molecule has 2 rings (SSSR count). The van der Waals surface area contributed by atoms with Crippen LogP contribution in [0.4, 0.5) is 0 Å². The number of carbonyl (C=O) groups is 1. The van der Waals surface area contributed by atoms with Gasteiger partial charge < -0.3 is 5.32 Å². The summed E-state index contributed by atoms with van der Waals surface area (Å²) in [5.74, 6) is 0.144. The van der Waals surface area contributed by atoms with Gasteiger partial charge in [0.25, 0.3) is 0 Å². The fraction of sp³-hybridized carbons (Fsp3) is 0.250. The van der Waals surface area contributed by atoms with Crippen molar-refractivity contribution < 1.29 is 4.79 Å². The van der Waals surface area contributed by atoms with Gasteiger partial charge >= 0.3 is 0 Å². The van der Waals surface area contributed by atoms with Crippen LogP contribution in [-0.2, 0) is 0 Å². The summed E-state index contributed by atoms with van der Waals surface area (Å²) in [5, 5.41) is 6.15. The average molecular weight is 219 g/mol. The Balaban J connectivity index is 2.39. The van der Waals surface area contributed by atoms with Gasteiger partial charge in [-0.25, -0.2) is 0 Å². The van der Waals surface area contributed by atoms with E-state index in [1.165, 1.54) is 4.70 Å².